The molecule has 1 heterocycles. The maximum absolute atomic E-state index is 12.5. The molecule has 21 heavy (non-hydrogen) atoms. The van der Waals surface area contributed by atoms with E-state index in [-0.39, 0.29) is 5.91 Å². The van der Waals surface area contributed by atoms with Gasteiger partial charge in [0.25, 0.3) is 5.91 Å². The second-order valence-corrected chi connectivity index (χ2v) is 5.94. The molecular formula is C17H25N3O. The molecule has 4 heteroatoms. The summed E-state index contributed by atoms with van der Waals surface area (Å²) in [5, 5.41) is 0. The summed E-state index contributed by atoms with van der Waals surface area (Å²) in [6.07, 6.45) is 1.62. The van der Waals surface area contributed by atoms with Gasteiger partial charge in [0.05, 0.1) is 6.54 Å². The van der Waals surface area contributed by atoms with Crippen LogP contribution in [0.25, 0.3) is 0 Å². The maximum Gasteiger partial charge on any atom is 0.272 e. The van der Waals surface area contributed by atoms with Crippen LogP contribution in [-0.4, -0.2) is 35.4 Å². The van der Waals surface area contributed by atoms with Crippen LogP contribution < -0.4 is 5.73 Å². The van der Waals surface area contributed by atoms with Gasteiger partial charge in [-0.15, -0.1) is 0 Å². The van der Waals surface area contributed by atoms with Crippen molar-refractivity contribution in [1.29, 1.82) is 0 Å². The average molecular weight is 287 g/mol. The minimum absolute atomic E-state index is 0.0178. The van der Waals surface area contributed by atoms with Crippen LogP contribution in [0.1, 0.15) is 43.7 Å². The number of hydrogen-bond acceptors (Lipinski definition) is 3. The van der Waals surface area contributed by atoms with Crippen molar-refractivity contribution in [3.05, 3.63) is 29.6 Å². The molecule has 1 aromatic heterocycles. The molecule has 114 valence electrons. The van der Waals surface area contributed by atoms with Crippen LogP contribution >= 0.6 is 0 Å². The molecule has 0 aliphatic heterocycles. The van der Waals surface area contributed by atoms with Crippen LogP contribution in [0.2, 0.25) is 0 Å². The topological polar surface area (TPSA) is 59.2 Å². The normalized spacial score (nSPS) is 10.4. The van der Waals surface area contributed by atoms with Gasteiger partial charge in [-0.1, -0.05) is 39.5 Å². The Morgan fingerprint density at radius 2 is 1.86 bits per heavy atom. The summed E-state index contributed by atoms with van der Waals surface area (Å²) >= 11 is 0. The van der Waals surface area contributed by atoms with E-state index in [1.165, 1.54) is 0 Å². The first-order valence-electron chi connectivity index (χ1n) is 7.38. The van der Waals surface area contributed by atoms with Gasteiger partial charge in [0, 0.05) is 24.8 Å². The van der Waals surface area contributed by atoms with Crippen molar-refractivity contribution in [2.24, 2.45) is 17.6 Å². The Hall–Kier alpha value is -1.86. The number of amides is 1. The molecule has 0 spiro atoms. The summed E-state index contributed by atoms with van der Waals surface area (Å²) in [6.45, 7) is 10.2. The highest BCUT2D eigenvalue weighted by molar-refractivity contribution is 5.92. The minimum atomic E-state index is -0.0178. The largest absolute Gasteiger partial charge is 0.337 e. The van der Waals surface area contributed by atoms with E-state index in [9.17, 15) is 4.79 Å². The predicted molar refractivity (Wildman–Crippen MR) is 85.7 cm³/mol. The van der Waals surface area contributed by atoms with Crippen LogP contribution in [0.3, 0.4) is 0 Å². The maximum atomic E-state index is 12.5. The summed E-state index contributed by atoms with van der Waals surface area (Å²) in [6, 6.07) is 3.54. The molecule has 1 rings (SSSR count). The van der Waals surface area contributed by atoms with Gasteiger partial charge in [-0.2, -0.15) is 0 Å². The molecule has 0 saturated carbocycles. The van der Waals surface area contributed by atoms with E-state index in [0.717, 1.165) is 18.7 Å². The number of nitrogens with zero attached hydrogens (tertiary/aromatic N) is 2. The Morgan fingerprint density at radius 3 is 2.29 bits per heavy atom. The van der Waals surface area contributed by atoms with E-state index in [0.29, 0.717) is 24.1 Å². The van der Waals surface area contributed by atoms with Crippen LogP contribution in [0.5, 0.6) is 0 Å². The van der Waals surface area contributed by atoms with E-state index >= 15 is 0 Å². The Bertz CT molecular complexity index is 499. The third-order valence-corrected chi connectivity index (χ3v) is 2.78. The van der Waals surface area contributed by atoms with Gasteiger partial charge in [-0.3, -0.25) is 4.79 Å². The molecule has 2 N–H and O–H groups in total. The van der Waals surface area contributed by atoms with Gasteiger partial charge in [0.2, 0.25) is 0 Å². The zero-order chi connectivity index (χ0) is 15.8. The number of nitrogens with two attached hydrogens (primary N) is 1. The Balaban J connectivity index is 2.87. The molecule has 0 fully saturated rings. The number of carbonyl (C=O) groups is 1. The fraction of sp³-hybridized carbons (Fsp3) is 0.529. The second-order valence-electron chi connectivity index (χ2n) is 5.94. The van der Waals surface area contributed by atoms with Crippen molar-refractivity contribution in [3.63, 3.8) is 0 Å². The Kier molecular flexibility index (Phi) is 6.90. The van der Waals surface area contributed by atoms with E-state index in [4.69, 9.17) is 5.73 Å². The first kappa shape index (κ1) is 17.2. The van der Waals surface area contributed by atoms with Gasteiger partial charge in [-0.05, 0) is 24.0 Å². The van der Waals surface area contributed by atoms with Crippen LogP contribution in [0.4, 0.5) is 0 Å². The van der Waals surface area contributed by atoms with Crippen molar-refractivity contribution in [3.8, 4) is 11.8 Å². The molecular weight excluding hydrogens is 262 g/mol. The number of carbonyl (C=O) groups excluding carboxylic acids is 1. The van der Waals surface area contributed by atoms with Crippen molar-refractivity contribution in [2.75, 3.05) is 19.6 Å². The number of pyridine rings is 1. The van der Waals surface area contributed by atoms with Gasteiger partial charge >= 0.3 is 0 Å². The second kappa shape index (κ2) is 8.43. The highest BCUT2D eigenvalue weighted by atomic mass is 16.2. The monoisotopic (exact) mass is 287 g/mol. The molecule has 0 aliphatic carbocycles. The lowest BCUT2D eigenvalue weighted by Gasteiger charge is -2.26. The summed E-state index contributed by atoms with van der Waals surface area (Å²) in [5.74, 6) is 6.52. The summed E-state index contributed by atoms with van der Waals surface area (Å²) in [4.78, 5) is 18.7. The zero-order valence-corrected chi connectivity index (χ0v) is 13.4. The van der Waals surface area contributed by atoms with Crippen LogP contribution in [-0.2, 0) is 0 Å². The van der Waals surface area contributed by atoms with E-state index in [1.54, 1.807) is 12.3 Å². The van der Waals surface area contributed by atoms with E-state index < -0.39 is 0 Å². The van der Waals surface area contributed by atoms with Gasteiger partial charge in [-0.25, -0.2) is 4.98 Å². The quantitative estimate of drug-likeness (QED) is 0.844. The Labute approximate surface area is 127 Å². The third-order valence-electron chi connectivity index (χ3n) is 2.78. The first-order chi connectivity index (χ1) is 9.93. The molecule has 0 radical (unpaired) electrons. The fourth-order valence-electron chi connectivity index (χ4n) is 2.03. The molecule has 0 saturated heterocycles. The molecule has 0 unspecified atom stereocenters. The minimum Gasteiger partial charge on any atom is -0.337 e. The van der Waals surface area contributed by atoms with Crippen molar-refractivity contribution in [1.82, 2.24) is 9.88 Å². The lowest BCUT2D eigenvalue weighted by Crippen LogP contribution is -2.37. The number of rotatable bonds is 5. The van der Waals surface area contributed by atoms with E-state index in [2.05, 4.69) is 44.5 Å². The number of aromatic nitrogens is 1. The molecule has 0 bridgehead atoms. The van der Waals surface area contributed by atoms with Crippen molar-refractivity contribution >= 4 is 5.91 Å². The van der Waals surface area contributed by atoms with Crippen LogP contribution in [0, 0.1) is 23.7 Å². The SMILES string of the molecule is CC(C)CN(CC(C)C)C(=O)c1ccc(C#CCN)cn1. The fourth-order valence-corrected chi connectivity index (χ4v) is 2.03. The molecule has 1 aromatic rings. The van der Waals surface area contributed by atoms with Gasteiger partial charge < -0.3 is 10.6 Å². The molecule has 1 amide bonds. The standard InChI is InChI=1S/C17H25N3O/c1-13(2)11-20(12-14(3)4)17(21)16-8-7-15(10-19-16)6-5-9-18/h7-8,10,13-14H,9,11-12,18H2,1-4H3. The van der Waals surface area contributed by atoms with Crippen molar-refractivity contribution < 1.29 is 4.79 Å². The summed E-state index contributed by atoms with van der Waals surface area (Å²) < 4.78 is 0. The summed E-state index contributed by atoms with van der Waals surface area (Å²) in [7, 11) is 0. The molecule has 0 aliphatic rings. The molecule has 0 aromatic carbocycles. The highest BCUT2D eigenvalue weighted by Gasteiger charge is 2.18. The Morgan fingerprint density at radius 1 is 1.24 bits per heavy atom. The summed E-state index contributed by atoms with van der Waals surface area (Å²) in [5.41, 5.74) is 6.57. The average Bonchev–Trinajstić information content (AvgIpc) is 2.43. The molecule has 0 atom stereocenters. The van der Waals surface area contributed by atoms with Gasteiger partial charge in [0.15, 0.2) is 0 Å². The van der Waals surface area contributed by atoms with Crippen LogP contribution in [0.15, 0.2) is 18.3 Å². The lowest BCUT2D eigenvalue weighted by molar-refractivity contribution is 0.0709. The lowest BCUT2D eigenvalue weighted by atomic mass is 10.1. The predicted octanol–water partition coefficient (Wildman–Crippen LogP) is 2.15. The third kappa shape index (κ3) is 5.97. The van der Waals surface area contributed by atoms with Crippen molar-refractivity contribution in [2.45, 2.75) is 27.7 Å². The molecule has 4 nitrogen and oxygen atoms in total. The zero-order valence-electron chi connectivity index (χ0n) is 13.4. The van der Waals surface area contributed by atoms with E-state index in [1.807, 2.05) is 11.0 Å². The smallest absolute Gasteiger partial charge is 0.272 e. The van der Waals surface area contributed by atoms with Gasteiger partial charge in [0.1, 0.15) is 5.69 Å². The number of hydrogen-bond donors (Lipinski definition) is 1. The first-order valence-corrected chi connectivity index (χ1v) is 7.38. The highest BCUT2D eigenvalue weighted by Crippen LogP contribution is 2.09.